The number of carbonyl (C=O) groups is 7. The fourth-order valence-corrected chi connectivity index (χ4v) is 2.29. The fourth-order valence-electron chi connectivity index (χ4n) is 2.29. The Hall–Kier alpha value is -3.75. The Morgan fingerprint density at radius 3 is 1.59 bits per heavy atom. The first-order valence-corrected chi connectivity index (χ1v) is 9.34. The zero-order valence-corrected chi connectivity index (χ0v) is 16.9. The lowest BCUT2D eigenvalue weighted by molar-refractivity contribution is -0.143. The number of aliphatic carboxylic acids is 4. The van der Waals surface area contributed by atoms with Gasteiger partial charge in [0.2, 0.25) is 17.7 Å². The van der Waals surface area contributed by atoms with Crippen molar-refractivity contribution in [3.05, 3.63) is 0 Å². The molecule has 0 aliphatic heterocycles. The maximum Gasteiger partial charge on any atom is 0.326 e. The van der Waals surface area contributed by atoms with Crippen molar-refractivity contribution in [2.75, 3.05) is 6.54 Å². The third-order valence-corrected chi connectivity index (χ3v) is 3.99. The number of hydrogen-bond acceptors (Lipinski definition) is 8. The van der Waals surface area contributed by atoms with Crippen LogP contribution in [0.15, 0.2) is 0 Å². The quantitative estimate of drug-likeness (QED) is 0.115. The van der Waals surface area contributed by atoms with Gasteiger partial charge in [-0.3, -0.25) is 28.8 Å². The molecule has 15 heteroatoms. The number of hydrogen-bond donors (Lipinski definition) is 8. The SMILES string of the molecule is NC(CCC(=O)O)C(=O)NC(CCC(=O)O)C(=O)NCC(=O)NC(CCC(=O)O)C(=O)O. The van der Waals surface area contributed by atoms with Gasteiger partial charge in [-0.1, -0.05) is 0 Å². The number of rotatable bonds is 16. The van der Waals surface area contributed by atoms with E-state index in [0.717, 1.165) is 0 Å². The lowest BCUT2D eigenvalue weighted by Gasteiger charge is -2.20. The zero-order chi connectivity index (χ0) is 24.8. The summed E-state index contributed by atoms with van der Waals surface area (Å²) in [4.78, 5) is 79.2. The molecule has 0 spiro atoms. The summed E-state index contributed by atoms with van der Waals surface area (Å²) in [5.74, 6) is -8.03. The summed E-state index contributed by atoms with van der Waals surface area (Å²) < 4.78 is 0. The van der Waals surface area contributed by atoms with Gasteiger partial charge in [-0.25, -0.2) is 4.79 Å². The minimum absolute atomic E-state index is 0.232. The second kappa shape index (κ2) is 14.3. The average molecular weight is 462 g/mol. The normalized spacial score (nSPS) is 13.2. The highest BCUT2D eigenvalue weighted by Crippen LogP contribution is 2.02. The molecule has 0 heterocycles. The van der Waals surface area contributed by atoms with Gasteiger partial charge in [0.05, 0.1) is 12.6 Å². The molecule has 0 aliphatic carbocycles. The first kappa shape index (κ1) is 28.2. The predicted molar refractivity (Wildman–Crippen MR) is 103 cm³/mol. The summed E-state index contributed by atoms with van der Waals surface area (Å²) in [6.45, 7) is -0.736. The highest BCUT2D eigenvalue weighted by molar-refractivity contribution is 5.93. The van der Waals surface area contributed by atoms with E-state index in [2.05, 4.69) is 10.6 Å². The van der Waals surface area contributed by atoms with E-state index in [1.54, 1.807) is 0 Å². The molecular weight excluding hydrogens is 436 g/mol. The van der Waals surface area contributed by atoms with Crippen LogP contribution in [-0.2, 0) is 33.6 Å². The van der Waals surface area contributed by atoms with Crippen LogP contribution < -0.4 is 21.7 Å². The van der Waals surface area contributed by atoms with Gasteiger partial charge in [0.25, 0.3) is 0 Å². The molecule has 180 valence electrons. The van der Waals surface area contributed by atoms with E-state index in [1.807, 2.05) is 5.32 Å². The van der Waals surface area contributed by atoms with Crippen molar-refractivity contribution in [2.45, 2.75) is 56.7 Å². The maximum absolute atomic E-state index is 12.3. The van der Waals surface area contributed by atoms with Crippen molar-refractivity contribution in [3.8, 4) is 0 Å². The van der Waals surface area contributed by atoms with Gasteiger partial charge < -0.3 is 42.1 Å². The van der Waals surface area contributed by atoms with Gasteiger partial charge in [0.1, 0.15) is 12.1 Å². The van der Waals surface area contributed by atoms with Crippen molar-refractivity contribution in [1.29, 1.82) is 0 Å². The molecule has 32 heavy (non-hydrogen) atoms. The first-order chi connectivity index (χ1) is 14.8. The van der Waals surface area contributed by atoms with E-state index in [-0.39, 0.29) is 12.8 Å². The third-order valence-electron chi connectivity index (χ3n) is 3.99. The van der Waals surface area contributed by atoms with Crippen LogP contribution in [0.4, 0.5) is 0 Å². The highest BCUT2D eigenvalue weighted by atomic mass is 16.4. The number of nitrogens with two attached hydrogens (primary N) is 1. The van der Waals surface area contributed by atoms with E-state index in [0.29, 0.717) is 0 Å². The number of carboxylic acid groups (broad SMARTS) is 4. The number of carbonyl (C=O) groups excluding carboxylic acids is 3. The maximum atomic E-state index is 12.3. The molecule has 0 rings (SSSR count). The van der Waals surface area contributed by atoms with Crippen molar-refractivity contribution < 1.29 is 54.0 Å². The first-order valence-electron chi connectivity index (χ1n) is 9.34. The molecule has 0 saturated heterocycles. The molecule has 9 N–H and O–H groups in total. The summed E-state index contributed by atoms with van der Waals surface area (Å²) in [5.41, 5.74) is 5.54. The number of nitrogens with one attached hydrogen (secondary N) is 3. The predicted octanol–water partition coefficient (Wildman–Crippen LogP) is -2.92. The third kappa shape index (κ3) is 12.7. The van der Waals surface area contributed by atoms with Crippen LogP contribution >= 0.6 is 0 Å². The summed E-state index contributed by atoms with van der Waals surface area (Å²) >= 11 is 0. The van der Waals surface area contributed by atoms with Crippen LogP contribution in [0.25, 0.3) is 0 Å². The summed E-state index contributed by atoms with van der Waals surface area (Å²) in [5, 5.41) is 41.3. The Kier molecular flexibility index (Phi) is 12.6. The molecule has 3 amide bonds. The van der Waals surface area contributed by atoms with E-state index in [9.17, 15) is 33.6 Å². The Morgan fingerprint density at radius 1 is 0.656 bits per heavy atom. The van der Waals surface area contributed by atoms with Gasteiger partial charge in [0.15, 0.2) is 0 Å². The van der Waals surface area contributed by atoms with Crippen LogP contribution in [0.2, 0.25) is 0 Å². The molecule has 0 bridgehead atoms. The molecule has 3 atom stereocenters. The summed E-state index contributed by atoms with van der Waals surface area (Å²) in [6, 6.07) is -4.20. The lowest BCUT2D eigenvalue weighted by Crippen LogP contribution is -2.53. The molecular formula is C17H26N4O11. The highest BCUT2D eigenvalue weighted by Gasteiger charge is 2.26. The Bertz CT molecular complexity index is 740. The van der Waals surface area contributed by atoms with Crippen LogP contribution in [0, 0.1) is 0 Å². The Balaban J connectivity index is 4.91. The van der Waals surface area contributed by atoms with Gasteiger partial charge in [-0.2, -0.15) is 0 Å². The Morgan fingerprint density at radius 2 is 1.12 bits per heavy atom. The van der Waals surface area contributed by atoms with Crippen molar-refractivity contribution >= 4 is 41.6 Å². The molecule has 0 fully saturated rings. The number of amides is 3. The van der Waals surface area contributed by atoms with E-state index in [4.69, 9.17) is 26.2 Å². The summed E-state index contributed by atoms with van der Waals surface area (Å²) in [6.07, 6.45) is -2.44. The monoisotopic (exact) mass is 462 g/mol. The number of carboxylic acids is 4. The van der Waals surface area contributed by atoms with Gasteiger partial charge >= 0.3 is 23.9 Å². The molecule has 0 radical (unpaired) electrons. The van der Waals surface area contributed by atoms with E-state index in [1.165, 1.54) is 0 Å². The summed E-state index contributed by atoms with van der Waals surface area (Å²) in [7, 11) is 0. The van der Waals surface area contributed by atoms with Crippen LogP contribution in [-0.4, -0.2) is 86.7 Å². The zero-order valence-electron chi connectivity index (χ0n) is 16.9. The van der Waals surface area contributed by atoms with Gasteiger partial charge in [-0.15, -0.1) is 0 Å². The van der Waals surface area contributed by atoms with Crippen molar-refractivity contribution in [2.24, 2.45) is 5.73 Å². The average Bonchev–Trinajstić information content (AvgIpc) is 2.69. The van der Waals surface area contributed by atoms with Gasteiger partial charge in [0, 0.05) is 19.3 Å². The molecule has 0 aromatic rings. The fraction of sp³-hybridized carbons (Fsp3) is 0.588. The molecule has 0 saturated carbocycles. The minimum atomic E-state index is -1.51. The Labute approximate surface area is 181 Å². The van der Waals surface area contributed by atoms with Gasteiger partial charge in [-0.05, 0) is 19.3 Å². The van der Waals surface area contributed by atoms with E-state index < -0.39 is 92.0 Å². The lowest BCUT2D eigenvalue weighted by atomic mass is 10.1. The molecule has 3 unspecified atom stereocenters. The topological polar surface area (TPSA) is 263 Å². The second-order valence-corrected chi connectivity index (χ2v) is 6.64. The van der Waals surface area contributed by atoms with Crippen LogP contribution in [0.3, 0.4) is 0 Å². The van der Waals surface area contributed by atoms with Crippen LogP contribution in [0.1, 0.15) is 38.5 Å². The molecule has 0 aromatic heterocycles. The molecule has 0 aromatic carbocycles. The smallest absolute Gasteiger partial charge is 0.326 e. The minimum Gasteiger partial charge on any atom is -0.481 e. The largest absolute Gasteiger partial charge is 0.481 e. The molecule has 0 aliphatic rings. The standard InChI is InChI=1S/C17H26N4O11/c18-8(1-4-12(23)24)15(29)21-9(2-5-13(25)26)16(30)19-7-11(22)20-10(17(31)32)3-6-14(27)28/h8-10H,1-7,18H2,(H,19,30)(H,20,22)(H,21,29)(H,23,24)(H,25,26)(H,27,28)(H,31,32). The van der Waals surface area contributed by atoms with Crippen molar-refractivity contribution in [3.63, 3.8) is 0 Å². The van der Waals surface area contributed by atoms with E-state index >= 15 is 0 Å². The second-order valence-electron chi connectivity index (χ2n) is 6.64. The van der Waals surface area contributed by atoms with Crippen molar-refractivity contribution in [1.82, 2.24) is 16.0 Å². The van der Waals surface area contributed by atoms with Crippen LogP contribution in [0.5, 0.6) is 0 Å². The molecule has 15 nitrogen and oxygen atoms in total.